The van der Waals surface area contributed by atoms with E-state index in [1.54, 1.807) is 19.2 Å². The Balaban J connectivity index is 2.03. The fourth-order valence-electron chi connectivity index (χ4n) is 3.16. The molecule has 0 spiro atoms. The summed E-state index contributed by atoms with van der Waals surface area (Å²) in [5, 5.41) is 5.84. The maximum absolute atomic E-state index is 12.6. The fraction of sp³-hybridized carbons (Fsp3) is 0.579. The zero-order valence-corrected chi connectivity index (χ0v) is 16.2. The van der Waals surface area contributed by atoms with Crippen LogP contribution < -0.4 is 15.4 Å². The SMILES string of the molecule is CCNC(=NCc1ccccc1OC(F)(F)F)N1CCC(CC(=O)NC)CC1. The van der Waals surface area contributed by atoms with Crippen molar-refractivity contribution in [1.82, 2.24) is 15.5 Å². The number of carbonyl (C=O) groups is 1. The molecule has 1 aromatic rings. The molecular weight excluding hydrogens is 373 g/mol. The van der Waals surface area contributed by atoms with E-state index in [1.165, 1.54) is 12.1 Å². The first kappa shape index (κ1) is 21.8. The molecule has 1 fully saturated rings. The van der Waals surface area contributed by atoms with Crippen LogP contribution >= 0.6 is 0 Å². The van der Waals surface area contributed by atoms with Crippen molar-refractivity contribution in [3.63, 3.8) is 0 Å². The van der Waals surface area contributed by atoms with Gasteiger partial charge in [-0.25, -0.2) is 4.99 Å². The number of carbonyl (C=O) groups excluding carboxylic acids is 1. The van der Waals surface area contributed by atoms with Gasteiger partial charge in [-0.1, -0.05) is 18.2 Å². The lowest BCUT2D eigenvalue weighted by atomic mass is 9.93. The molecule has 6 nitrogen and oxygen atoms in total. The highest BCUT2D eigenvalue weighted by atomic mass is 19.4. The van der Waals surface area contributed by atoms with Crippen LogP contribution in [0, 0.1) is 5.92 Å². The Morgan fingerprint density at radius 1 is 1.29 bits per heavy atom. The first-order chi connectivity index (χ1) is 13.3. The Morgan fingerprint density at radius 2 is 1.96 bits per heavy atom. The average Bonchev–Trinajstić information content (AvgIpc) is 2.65. The maximum atomic E-state index is 12.6. The number of halogens is 3. The number of amides is 1. The standard InChI is InChI=1S/C19H27F3N4O2/c1-3-24-18(26-10-8-14(9-11-26)12-17(27)23-2)25-13-15-6-4-5-7-16(15)28-19(20,21)22/h4-7,14H,3,8-13H2,1-2H3,(H,23,27)(H,24,25). The van der Waals surface area contributed by atoms with Crippen molar-refractivity contribution in [3.8, 4) is 5.75 Å². The number of rotatable bonds is 6. The summed E-state index contributed by atoms with van der Waals surface area (Å²) in [6.07, 6.45) is -2.49. The van der Waals surface area contributed by atoms with Crippen LogP contribution in [-0.4, -0.2) is 49.8 Å². The van der Waals surface area contributed by atoms with Crippen molar-refractivity contribution in [2.24, 2.45) is 10.9 Å². The smallest absolute Gasteiger partial charge is 0.405 e. The Hall–Kier alpha value is -2.45. The number of para-hydroxylation sites is 1. The molecule has 0 unspecified atom stereocenters. The molecule has 2 N–H and O–H groups in total. The molecule has 1 heterocycles. The summed E-state index contributed by atoms with van der Waals surface area (Å²) >= 11 is 0. The minimum atomic E-state index is -4.74. The second-order valence-electron chi connectivity index (χ2n) is 6.63. The van der Waals surface area contributed by atoms with Gasteiger partial charge in [0.05, 0.1) is 6.54 Å². The molecule has 9 heteroatoms. The Bertz CT molecular complexity index is 671. The molecule has 156 valence electrons. The van der Waals surface area contributed by atoms with Gasteiger partial charge in [-0.3, -0.25) is 4.79 Å². The van der Waals surface area contributed by atoms with E-state index in [0.717, 1.165) is 25.9 Å². The van der Waals surface area contributed by atoms with E-state index in [4.69, 9.17) is 0 Å². The van der Waals surface area contributed by atoms with Crippen LogP contribution in [0.2, 0.25) is 0 Å². The normalized spacial score (nSPS) is 16.0. The number of aliphatic imine (C=N–C) groups is 1. The van der Waals surface area contributed by atoms with E-state index in [-0.39, 0.29) is 18.2 Å². The number of guanidine groups is 1. The van der Waals surface area contributed by atoms with E-state index in [0.29, 0.717) is 30.4 Å². The number of benzene rings is 1. The molecule has 1 amide bonds. The number of ether oxygens (including phenoxy) is 1. The molecule has 0 radical (unpaired) electrons. The summed E-state index contributed by atoms with van der Waals surface area (Å²) in [6.45, 7) is 4.15. The molecule has 0 aliphatic carbocycles. The first-order valence-corrected chi connectivity index (χ1v) is 9.40. The summed E-state index contributed by atoms with van der Waals surface area (Å²) in [4.78, 5) is 18.1. The fourth-order valence-corrected chi connectivity index (χ4v) is 3.16. The molecule has 1 aromatic carbocycles. The third-order valence-corrected chi connectivity index (χ3v) is 4.60. The number of piperidine rings is 1. The minimum Gasteiger partial charge on any atom is -0.405 e. The first-order valence-electron chi connectivity index (χ1n) is 9.40. The van der Waals surface area contributed by atoms with Crippen molar-refractivity contribution in [1.29, 1.82) is 0 Å². The Labute approximate surface area is 163 Å². The third kappa shape index (κ3) is 6.94. The molecule has 0 aromatic heterocycles. The van der Waals surface area contributed by atoms with Gasteiger partial charge in [-0.2, -0.15) is 0 Å². The van der Waals surface area contributed by atoms with E-state index < -0.39 is 6.36 Å². The van der Waals surface area contributed by atoms with Crippen molar-refractivity contribution in [2.45, 2.75) is 39.1 Å². The molecule has 2 rings (SSSR count). The molecule has 1 saturated heterocycles. The second-order valence-corrected chi connectivity index (χ2v) is 6.63. The van der Waals surface area contributed by atoms with Gasteiger partial charge in [0, 0.05) is 38.7 Å². The molecule has 1 aliphatic heterocycles. The molecule has 1 aliphatic rings. The third-order valence-electron chi connectivity index (χ3n) is 4.60. The molecule has 0 atom stereocenters. The van der Waals surface area contributed by atoms with E-state index in [1.807, 2.05) is 6.92 Å². The van der Waals surface area contributed by atoms with Crippen LogP contribution in [0.15, 0.2) is 29.3 Å². The van der Waals surface area contributed by atoms with Gasteiger partial charge < -0.3 is 20.3 Å². The molecule has 28 heavy (non-hydrogen) atoms. The number of alkyl halides is 3. The Morgan fingerprint density at radius 3 is 2.57 bits per heavy atom. The lowest BCUT2D eigenvalue weighted by molar-refractivity contribution is -0.274. The monoisotopic (exact) mass is 400 g/mol. The minimum absolute atomic E-state index is 0.0419. The van der Waals surface area contributed by atoms with E-state index in [2.05, 4.69) is 25.3 Å². The Kier molecular flexibility index (Phi) is 7.95. The van der Waals surface area contributed by atoms with Crippen LogP contribution in [0.3, 0.4) is 0 Å². The van der Waals surface area contributed by atoms with Crippen LogP contribution in [0.5, 0.6) is 5.75 Å². The van der Waals surface area contributed by atoms with Gasteiger partial charge in [-0.15, -0.1) is 13.2 Å². The zero-order valence-electron chi connectivity index (χ0n) is 16.2. The largest absolute Gasteiger partial charge is 0.573 e. The molecule has 0 saturated carbocycles. The van der Waals surface area contributed by atoms with Crippen LogP contribution in [0.4, 0.5) is 13.2 Å². The number of hydrogen-bond donors (Lipinski definition) is 2. The predicted octanol–water partition coefficient (Wildman–Crippen LogP) is 2.90. The molecular formula is C19H27F3N4O2. The van der Waals surface area contributed by atoms with Crippen LogP contribution in [0.1, 0.15) is 31.7 Å². The highest BCUT2D eigenvalue weighted by molar-refractivity contribution is 5.80. The summed E-state index contributed by atoms with van der Waals surface area (Å²) in [7, 11) is 1.63. The van der Waals surface area contributed by atoms with Gasteiger partial charge in [0.1, 0.15) is 5.75 Å². The average molecular weight is 400 g/mol. The van der Waals surface area contributed by atoms with Crippen molar-refractivity contribution >= 4 is 11.9 Å². The van der Waals surface area contributed by atoms with Crippen molar-refractivity contribution < 1.29 is 22.7 Å². The number of hydrogen-bond acceptors (Lipinski definition) is 3. The maximum Gasteiger partial charge on any atom is 0.573 e. The van der Waals surface area contributed by atoms with Crippen LogP contribution in [0.25, 0.3) is 0 Å². The van der Waals surface area contributed by atoms with Gasteiger partial charge in [0.25, 0.3) is 0 Å². The van der Waals surface area contributed by atoms with Crippen molar-refractivity contribution in [2.75, 3.05) is 26.7 Å². The molecule has 0 bridgehead atoms. The van der Waals surface area contributed by atoms with Crippen molar-refractivity contribution in [3.05, 3.63) is 29.8 Å². The summed E-state index contributed by atoms with van der Waals surface area (Å²) in [5.41, 5.74) is 0.365. The van der Waals surface area contributed by atoms with E-state index in [9.17, 15) is 18.0 Å². The predicted molar refractivity (Wildman–Crippen MR) is 101 cm³/mol. The highest BCUT2D eigenvalue weighted by Crippen LogP contribution is 2.27. The second kappa shape index (κ2) is 10.2. The number of nitrogens with zero attached hydrogens (tertiary/aromatic N) is 2. The van der Waals surface area contributed by atoms with E-state index >= 15 is 0 Å². The van der Waals surface area contributed by atoms with Gasteiger partial charge in [0.15, 0.2) is 5.96 Å². The zero-order chi connectivity index (χ0) is 20.6. The van der Waals surface area contributed by atoms with Gasteiger partial charge in [-0.05, 0) is 31.7 Å². The quantitative estimate of drug-likeness (QED) is 0.569. The number of likely N-dealkylation sites (tertiary alicyclic amines) is 1. The highest BCUT2D eigenvalue weighted by Gasteiger charge is 2.32. The summed E-state index contributed by atoms with van der Waals surface area (Å²) < 4.78 is 41.8. The van der Waals surface area contributed by atoms with Crippen LogP contribution in [-0.2, 0) is 11.3 Å². The summed E-state index contributed by atoms with van der Waals surface area (Å²) in [5.74, 6) is 0.793. The van der Waals surface area contributed by atoms with Gasteiger partial charge in [0.2, 0.25) is 5.91 Å². The lowest BCUT2D eigenvalue weighted by Crippen LogP contribution is -2.46. The summed E-state index contributed by atoms with van der Waals surface area (Å²) in [6, 6.07) is 6.02. The topological polar surface area (TPSA) is 66.0 Å². The number of nitrogens with one attached hydrogen (secondary N) is 2. The lowest BCUT2D eigenvalue weighted by Gasteiger charge is -2.34. The van der Waals surface area contributed by atoms with Gasteiger partial charge >= 0.3 is 6.36 Å².